The molecule has 20 heavy (non-hydrogen) atoms. The fourth-order valence-electron chi connectivity index (χ4n) is 2.35. The lowest BCUT2D eigenvalue weighted by Gasteiger charge is -2.21. The minimum absolute atomic E-state index is 0.0796. The van der Waals surface area contributed by atoms with Gasteiger partial charge in [-0.25, -0.2) is 0 Å². The van der Waals surface area contributed by atoms with Gasteiger partial charge in [0.1, 0.15) is 11.5 Å². The van der Waals surface area contributed by atoms with Crippen LogP contribution in [0.4, 0.5) is 0 Å². The molecule has 1 aromatic heterocycles. The number of rotatable bonds is 6. The van der Waals surface area contributed by atoms with Gasteiger partial charge in [-0.15, -0.1) is 0 Å². The lowest BCUT2D eigenvalue weighted by molar-refractivity contribution is 0.372. The fourth-order valence-corrected chi connectivity index (χ4v) is 2.35. The fraction of sp³-hybridized carbons (Fsp3) is 0.400. The molecule has 0 saturated heterocycles. The number of nitrogens with zero attached hydrogens (tertiary/aromatic N) is 2. The summed E-state index contributed by atoms with van der Waals surface area (Å²) in [5.41, 5.74) is 2.05. The third-order valence-electron chi connectivity index (χ3n) is 3.34. The molecular weight excluding hydrogens is 254 g/mol. The Morgan fingerprint density at radius 1 is 1.20 bits per heavy atom. The molecule has 0 aliphatic heterocycles. The van der Waals surface area contributed by atoms with Crippen molar-refractivity contribution in [2.45, 2.75) is 12.5 Å². The number of hydrogen-bond donors (Lipinski definition) is 1. The molecule has 0 fully saturated rings. The summed E-state index contributed by atoms with van der Waals surface area (Å²) in [6.45, 7) is 0. The topological polar surface area (TPSA) is 48.3 Å². The van der Waals surface area contributed by atoms with E-state index in [-0.39, 0.29) is 6.04 Å². The van der Waals surface area contributed by atoms with Crippen molar-refractivity contribution in [3.05, 3.63) is 41.7 Å². The van der Waals surface area contributed by atoms with E-state index in [9.17, 15) is 0 Å². The minimum atomic E-state index is 0.0796. The molecule has 5 heteroatoms. The van der Waals surface area contributed by atoms with Crippen molar-refractivity contribution < 1.29 is 9.47 Å². The zero-order valence-corrected chi connectivity index (χ0v) is 12.4. The second kappa shape index (κ2) is 6.43. The number of nitrogens with one attached hydrogen (secondary N) is 1. The maximum Gasteiger partial charge on any atom is 0.127 e. The van der Waals surface area contributed by atoms with Crippen molar-refractivity contribution >= 4 is 0 Å². The number of hydrogen-bond acceptors (Lipinski definition) is 4. The van der Waals surface area contributed by atoms with Crippen LogP contribution < -0.4 is 14.8 Å². The largest absolute Gasteiger partial charge is 0.496 e. The van der Waals surface area contributed by atoms with Gasteiger partial charge in [0, 0.05) is 25.7 Å². The van der Waals surface area contributed by atoms with Gasteiger partial charge in [0.15, 0.2) is 0 Å². The first kappa shape index (κ1) is 14.4. The van der Waals surface area contributed by atoms with E-state index in [1.165, 1.54) is 0 Å². The second-order valence-electron chi connectivity index (χ2n) is 4.60. The van der Waals surface area contributed by atoms with Crippen molar-refractivity contribution in [2.24, 2.45) is 7.05 Å². The van der Waals surface area contributed by atoms with Crippen LogP contribution >= 0.6 is 0 Å². The van der Waals surface area contributed by atoms with Crippen molar-refractivity contribution in [2.75, 3.05) is 21.3 Å². The van der Waals surface area contributed by atoms with Crippen LogP contribution in [0.25, 0.3) is 0 Å². The highest BCUT2D eigenvalue weighted by molar-refractivity contribution is 5.47. The molecule has 0 spiro atoms. The Morgan fingerprint density at radius 2 is 1.85 bits per heavy atom. The zero-order valence-electron chi connectivity index (χ0n) is 12.4. The predicted octanol–water partition coefficient (Wildman–Crippen LogP) is 1.94. The highest BCUT2D eigenvalue weighted by atomic mass is 16.5. The highest BCUT2D eigenvalue weighted by Crippen LogP contribution is 2.35. The van der Waals surface area contributed by atoms with Crippen LogP contribution in [0.3, 0.4) is 0 Å². The first-order valence-electron chi connectivity index (χ1n) is 6.56. The Morgan fingerprint density at radius 3 is 2.30 bits per heavy atom. The van der Waals surface area contributed by atoms with Gasteiger partial charge in [-0.1, -0.05) is 6.07 Å². The summed E-state index contributed by atoms with van der Waals surface area (Å²) in [7, 11) is 7.19. The SMILES string of the molecule is CNC(Cc1ccn(C)n1)c1c(OC)cccc1OC. The van der Waals surface area contributed by atoms with E-state index in [2.05, 4.69) is 10.4 Å². The summed E-state index contributed by atoms with van der Waals surface area (Å²) in [5, 5.41) is 7.75. The van der Waals surface area contributed by atoms with Crippen LogP contribution in [-0.2, 0) is 13.5 Å². The zero-order chi connectivity index (χ0) is 14.5. The molecule has 0 aliphatic rings. The second-order valence-corrected chi connectivity index (χ2v) is 4.60. The minimum Gasteiger partial charge on any atom is -0.496 e. The summed E-state index contributed by atoms with van der Waals surface area (Å²) < 4.78 is 12.7. The number of benzene rings is 1. The van der Waals surface area contributed by atoms with Crippen molar-refractivity contribution in [1.29, 1.82) is 0 Å². The van der Waals surface area contributed by atoms with Crippen molar-refractivity contribution in [3.8, 4) is 11.5 Å². The number of aromatic nitrogens is 2. The summed E-state index contributed by atoms with van der Waals surface area (Å²) in [5.74, 6) is 1.64. The molecule has 0 bridgehead atoms. The van der Waals surface area contributed by atoms with E-state index < -0.39 is 0 Å². The van der Waals surface area contributed by atoms with E-state index >= 15 is 0 Å². The monoisotopic (exact) mass is 275 g/mol. The van der Waals surface area contributed by atoms with E-state index in [1.807, 2.05) is 49.2 Å². The lowest BCUT2D eigenvalue weighted by atomic mass is 10.00. The maximum atomic E-state index is 5.47. The average Bonchev–Trinajstić information content (AvgIpc) is 2.89. The molecule has 1 heterocycles. The Labute approximate surface area is 119 Å². The van der Waals surface area contributed by atoms with Crippen LogP contribution in [0, 0.1) is 0 Å². The normalized spacial score (nSPS) is 12.2. The predicted molar refractivity (Wildman–Crippen MR) is 78.3 cm³/mol. The summed E-state index contributed by atoms with van der Waals surface area (Å²) in [4.78, 5) is 0. The molecule has 2 rings (SSSR count). The number of methoxy groups -OCH3 is 2. The Bertz CT molecular complexity index is 544. The molecule has 1 unspecified atom stereocenters. The molecular formula is C15H21N3O2. The van der Waals surface area contributed by atoms with E-state index in [4.69, 9.17) is 9.47 Å². The Kier molecular flexibility index (Phi) is 4.63. The van der Waals surface area contributed by atoms with Crippen LogP contribution in [0.5, 0.6) is 11.5 Å². The maximum absolute atomic E-state index is 5.47. The molecule has 1 aromatic carbocycles. The molecule has 2 aromatic rings. The first-order valence-corrected chi connectivity index (χ1v) is 6.56. The van der Waals surface area contributed by atoms with Gasteiger partial charge >= 0.3 is 0 Å². The van der Waals surface area contributed by atoms with Crippen LogP contribution in [0.2, 0.25) is 0 Å². The van der Waals surface area contributed by atoms with E-state index in [0.717, 1.165) is 29.2 Å². The number of aryl methyl sites for hydroxylation is 1. The van der Waals surface area contributed by atoms with E-state index in [0.29, 0.717) is 0 Å². The summed E-state index contributed by atoms with van der Waals surface area (Å²) in [6, 6.07) is 7.92. The molecule has 0 aliphatic carbocycles. The third-order valence-corrected chi connectivity index (χ3v) is 3.34. The van der Waals surface area contributed by atoms with Gasteiger partial charge in [-0.2, -0.15) is 5.10 Å². The molecule has 5 nitrogen and oxygen atoms in total. The molecule has 0 radical (unpaired) electrons. The standard InChI is InChI=1S/C15H21N3O2/c1-16-12(10-11-8-9-18(2)17-11)15-13(19-3)6-5-7-14(15)20-4/h5-9,12,16H,10H2,1-4H3. The van der Waals surface area contributed by atoms with Crippen molar-refractivity contribution in [3.63, 3.8) is 0 Å². The van der Waals surface area contributed by atoms with Gasteiger partial charge < -0.3 is 14.8 Å². The quantitative estimate of drug-likeness (QED) is 0.875. The molecule has 0 saturated carbocycles. The van der Waals surface area contributed by atoms with E-state index in [1.54, 1.807) is 14.2 Å². The first-order chi connectivity index (χ1) is 9.69. The smallest absolute Gasteiger partial charge is 0.127 e. The van der Waals surface area contributed by atoms with Crippen LogP contribution in [0.1, 0.15) is 17.3 Å². The van der Waals surface area contributed by atoms with Gasteiger partial charge in [0.25, 0.3) is 0 Å². The van der Waals surface area contributed by atoms with Gasteiger partial charge in [0.2, 0.25) is 0 Å². The molecule has 1 atom stereocenters. The van der Waals surface area contributed by atoms with Gasteiger partial charge in [-0.3, -0.25) is 4.68 Å². The van der Waals surface area contributed by atoms with Crippen LogP contribution in [0.15, 0.2) is 30.5 Å². The van der Waals surface area contributed by atoms with Gasteiger partial charge in [-0.05, 0) is 25.2 Å². The highest BCUT2D eigenvalue weighted by Gasteiger charge is 2.20. The number of ether oxygens (including phenoxy) is 2. The number of likely N-dealkylation sites (N-methyl/N-ethyl adjacent to an activating group) is 1. The molecule has 1 N–H and O–H groups in total. The average molecular weight is 275 g/mol. The van der Waals surface area contributed by atoms with Crippen LogP contribution in [-0.4, -0.2) is 31.0 Å². The Hall–Kier alpha value is -2.01. The Balaban J connectivity index is 2.35. The summed E-state index contributed by atoms with van der Waals surface area (Å²) in [6.07, 6.45) is 2.72. The van der Waals surface area contributed by atoms with Crippen molar-refractivity contribution in [1.82, 2.24) is 15.1 Å². The third kappa shape index (κ3) is 2.93. The summed E-state index contributed by atoms with van der Waals surface area (Å²) >= 11 is 0. The molecule has 0 amide bonds. The lowest BCUT2D eigenvalue weighted by Crippen LogP contribution is -2.20. The molecule has 108 valence electrons. The van der Waals surface area contributed by atoms with Gasteiger partial charge in [0.05, 0.1) is 25.5 Å².